The monoisotopic (exact) mass is 328 g/mol. The fourth-order valence-corrected chi connectivity index (χ4v) is 5.50. The standard InChI is InChI=1S/C20H24O4/c1-13-3-6-19-12-24-18(22)20(13,7-4-15-5-8-23-11-15)17(19)10-16(21)9-14(19)2/h5,8-9,11,13,17H,3-4,6-7,10,12H2,1-2H3/t13-,17+,19+,20+/m1/s1. The molecule has 24 heavy (non-hydrogen) atoms. The first kappa shape index (κ1) is 15.7. The van der Waals surface area contributed by atoms with E-state index in [0.29, 0.717) is 13.0 Å². The first-order valence-corrected chi connectivity index (χ1v) is 8.89. The predicted molar refractivity (Wildman–Crippen MR) is 88.1 cm³/mol. The van der Waals surface area contributed by atoms with E-state index in [2.05, 4.69) is 6.92 Å². The van der Waals surface area contributed by atoms with Gasteiger partial charge in [0.2, 0.25) is 0 Å². The average molecular weight is 328 g/mol. The number of furan rings is 1. The Morgan fingerprint density at radius 2 is 2.17 bits per heavy atom. The van der Waals surface area contributed by atoms with E-state index in [-0.39, 0.29) is 29.0 Å². The third-order valence-corrected chi connectivity index (χ3v) is 7.01. The van der Waals surface area contributed by atoms with E-state index in [1.807, 2.05) is 13.0 Å². The van der Waals surface area contributed by atoms with Gasteiger partial charge in [0.25, 0.3) is 0 Å². The lowest BCUT2D eigenvalue weighted by Crippen LogP contribution is -2.63. The molecule has 1 aliphatic heterocycles. The summed E-state index contributed by atoms with van der Waals surface area (Å²) in [5.74, 6) is 0.361. The van der Waals surface area contributed by atoms with Crippen LogP contribution in [0.4, 0.5) is 0 Å². The number of esters is 1. The van der Waals surface area contributed by atoms with Gasteiger partial charge in [-0.25, -0.2) is 0 Å². The van der Waals surface area contributed by atoms with Gasteiger partial charge < -0.3 is 9.15 Å². The molecule has 0 spiro atoms. The first-order valence-electron chi connectivity index (χ1n) is 8.89. The van der Waals surface area contributed by atoms with E-state index in [1.165, 1.54) is 0 Å². The summed E-state index contributed by atoms with van der Waals surface area (Å²) in [4.78, 5) is 25.3. The molecule has 0 aromatic carbocycles. The quantitative estimate of drug-likeness (QED) is 0.794. The number of aryl methyl sites for hydroxylation is 1. The highest BCUT2D eigenvalue weighted by molar-refractivity contribution is 5.93. The summed E-state index contributed by atoms with van der Waals surface area (Å²) in [5.41, 5.74) is 1.51. The van der Waals surface area contributed by atoms with Crippen LogP contribution in [0.5, 0.6) is 0 Å². The Bertz CT molecular complexity index is 701. The molecule has 1 aromatic heterocycles. The third kappa shape index (κ3) is 1.98. The molecular formula is C20H24O4. The molecule has 0 N–H and O–H groups in total. The highest BCUT2D eigenvalue weighted by Crippen LogP contribution is 2.64. The Balaban J connectivity index is 1.77. The van der Waals surface area contributed by atoms with Gasteiger partial charge in [-0.05, 0) is 62.1 Å². The molecule has 0 unspecified atom stereocenters. The predicted octanol–water partition coefficient (Wildman–Crippen LogP) is 3.71. The van der Waals surface area contributed by atoms with Crippen molar-refractivity contribution in [2.24, 2.45) is 22.7 Å². The molecule has 2 bridgehead atoms. The lowest BCUT2D eigenvalue weighted by Gasteiger charge is -2.61. The second kappa shape index (κ2) is 5.33. The minimum Gasteiger partial charge on any atom is -0.472 e. The smallest absolute Gasteiger partial charge is 0.312 e. The number of cyclic esters (lactones) is 1. The number of ether oxygens (including phenoxy) is 1. The van der Waals surface area contributed by atoms with Gasteiger partial charge in [0.05, 0.1) is 17.9 Å². The lowest BCUT2D eigenvalue weighted by molar-refractivity contribution is -0.204. The van der Waals surface area contributed by atoms with Crippen LogP contribution in [0.25, 0.3) is 0 Å². The minimum absolute atomic E-state index is 0.0689. The summed E-state index contributed by atoms with van der Waals surface area (Å²) >= 11 is 0. The topological polar surface area (TPSA) is 56.5 Å². The molecule has 4 heteroatoms. The number of rotatable bonds is 3. The van der Waals surface area contributed by atoms with Gasteiger partial charge in [0.15, 0.2) is 5.78 Å². The van der Waals surface area contributed by atoms with Crippen LogP contribution in [0.3, 0.4) is 0 Å². The second-order valence-corrected chi connectivity index (χ2v) is 7.89. The zero-order chi connectivity index (χ0) is 16.9. The van der Waals surface area contributed by atoms with E-state index < -0.39 is 5.41 Å². The number of carbonyl (C=O) groups is 2. The normalized spacial score (nSPS) is 38.3. The van der Waals surface area contributed by atoms with E-state index >= 15 is 0 Å². The molecule has 4 rings (SSSR count). The van der Waals surface area contributed by atoms with Crippen LogP contribution < -0.4 is 0 Å². The number of ketones is 1. The fraction of sp³-hybridized carbons (Fsp3) is 0.600. The van der Waals surface area contributed by atoms with Crippen molar-refractivity contribution in [2.45, 2.75) is 46.0 Å². The molecule has 4 nitrogen and oxygen atoms in total. The molecule has 0 amide bonds. The molecule has 3 aliphatic rings. The molecular weight excluding hydrogens is 304 g/mol. The SMILES string of the molecule is CC1=CC(=O)C[C@H]2[C@]13CC[C@@H](C)[C@]2(CCc1ccoc1)C(=O)OC3. The summed E-state index contributed by atoms with van der Waals surface area (Å²) in [6, 6.07) is 1.95. The van der Waals surface area contributed by atoms with Gasteiger partial charge in [-0.3, -0.25) is 9.59 Å². The molecule has 0 radical (unpaired) electrons. The maximum Gasteiger partial charge on any atom is 0.312 e. The van der Waals surface area contributed by atoms with Crippen LogP contribution in [0, 0.1) is 22.7 Å². The van der Waals surface area contributed by atoms with Crippen molar-refractivity contribution in [2.75, 3.05) is 6.61 Å². The number of allylic oxidation sites excluding steroid dienone is 1. The van der Waals surface area contributed by atoms with Crippen molar-refractivity contribution in [3.05, 3.63) is 35.8 Å². The van der Waals surface area contributed by atoms with E-state index in [9.17, 15) is 9.59 Å². The van der Waals surface area contributed by atoms with Crippen molar-refractivity contribution in [3.8, 4) is 0 Å². The largest absolute Gasteiger partial charge is 0.472 e. The Morgan fingerprint density at radius 1 is 1.33 bits per heavy atom. The summed E-state index contributed by atoms with van der Waals surface area (Å²) in [6.45, 7) is 4.64. The summed E-state index contributed by atoms with van der Waals surface area (Å²) in [5, 5.41) is 0. The Kier molecular flexibility index (Phi) is 3.48. The third-order valence-electron chi connectivity index (χ3n) is 7.01. The van der Waals surface area contributed by atoms with Crippen molar-refractivity contribution >= 4 is 11.8 Å². The fourth-order valence-electron chi connectivity index (χ4n) is 5.50. The van der Waals surface area contributed by atoms with Crippen LogP contribution in [0.15, 0.2) is 34.7 Å². The number of hydrogen-bond acceptors (Lipinski definition) is 4. The molecule has 4 atom stereocenters. The second-order valence-electron chi connectivity index (χ2n) is 7.89. The highest BCUT2D eigenvalue weighted by atomic mass is 16.5. The number of carbonyl (C=O) groups excluding carboxylic acids is 2. The lowest BCUT2D eigenvalue weighted by atomic mass is 9.44. The average Bonchev–Trinajstić information content (AvgIpc) is 3.06. The summed E-state index contributed by atoms with van der Waals surface area (Å²) in [7, 11) is 0. The molecule has 128 valence electrons. The number of hydrogen-bond donors (Lipinski definition) is 0. The zero-order valence-electron chi connectivity index (χ0n) is 14.3. The summed E-state index contributed by atoms with van der Waals surface area (Å²) < 4.78 is 10.9. The Morgan fingerprint density at radius 3 is 2.92 bits per heavy atom. The Hall–Kier alpha value is -1.84. The van der Waals surface area contributed by atoms with E-state index in [1.54, 1.807) is 18.6 Å². The molecule has 2 fully saturated rings. The molecule has 2 heterocycles. The molecule has 1 saturated heterocycles. The maximum absolute atomic E-state index is 13.0. The van der Waals surface area contributed by atoms with Crippen LogP contribution in [-0.4, -0.2) is 18.4 Å². The zero-order valence-corrected chi connectivity index (χ0v) is 14.3. The molecule has 1 aromatic rings. The molecule has 1 saturated carbocycles. The van der Waals surface area contributed by atoms with Gasteiger partial charge in [-0.15, -0.1) is 0 Å². The highest BCUT2D eigenvalue weighted by Gasteiger charge is 2.65. The van der Waals surface area contributed by atoms with Crippen LogP contribution >= 0.6 is 0 Å². The maximum atomic E-state index is 13.0. The van der Waals surface area contributed by atoms with Gasteiger partial charge in [0.1, 0.15) is 6.61 Å². The Labute approximate surface area is 142 Å². The summed E-state index contributed by atoms with van der Waals surface area (Å²) in [6.07, 6.45) is 9.18. The van der Waals surface area contributed by atoms with E-state index in [0.717, 1.165) is 36.8 Å². The van der Waals surface area contributed by atoms with Gasteiger partial charge in [0, 0.05) is 11.8 Å². The first-order chi connectivity index (χ1) is 11.5. The van der Waals surface area contributed by atoms with Crippen molar-refractivity contribution < 1.29 is 18.7 Å². The molecule has 2 aliphatic carbocycles. The van der Waals surface area contributed by atoms with Crippen LogP contribution in [0.1, 0.15) is 45.1 Å². The van der Waals surface area contributed by atoms with Crippen LogP contribution in [0.2, 0.25) is 0 Å². The van der Waals surface area contributed by atoms with Gasteiger partial charge in [-0.2, -0.15) is 0 Å². The van der Waals surface area contributed by atoms with Crippen molar-refractivity contribution in [1.82, 2.24) is 0 Å². The van der Waals surface area contributed by atoms with Gasteiger partial charge >= 0.3 is 5.97 Å². The van der Waals surface area contributed by atoms with Crippen molar-refractivity contribution in [1.29, 1.82) is 0 Å². The van der Waals surface area contributed by atoms with Gasteiger partial charge in [-0.1, -0.05) is 12.5 Å². The van der Waals surface area contributed by atoms with Crippen LogP contribution in [-0.2, 0) is 20.7 Å². The minimum atomic E-state index is -0.557. The van der Waals surface area contributed by atoms with E-state index in [4.69, 9.17) is 9.15 Å². The van der Waals surface area contributed by atoms with Crippen molar-refractivity contribution in [3.63, 3.8) is 0 Å².